The molecule has 0 unspecified atom stereocenters. The fraction of sp³-hybridized carbons (Fsp3) is 0.125. The van der Waals surface area contributed by atoms with E-state index in [-0.39, 0.29) is 28.0 Å². The number of para-hydroxylation sites is 1. The van der Waals surface area contributed by atoms with Crippen molar-refractivity contribution < 1.29 is 23.9 Å². The third kappa shape index (κ3) is 6.24. The zero-order valence-electron chi connectivity index (χ0n) is 17.8. The lowest BCUT2D eigenvalue weighted by Crippen LogP contribution is -2.25. The van der Waals surface area contributed by atoms with Crippen LogP contribution >= 0.6 is 11.6 Å². The molecule has 0 spiro atoms. The van der Waals surface area contributed by atoms with Crippen molar-refractivity contribution in [1.82, 2.24) is 5.32 Å². The monoisotopic (exact) mass is 467 g/mol. The number of ether oxygens (including phenoxy) is 2. The maximum Gasteiger partial charge on any atom is 0.255 e. The molecule has 170 valence electrons. The number of amides is 3. The van der Waals surface area contributed by atoms with Crippen LogP contribution in [0.5, 0.6) is 11.5 Å². The van der Waals surface area contributed by atoms with E-state index >= 15 is 0 Å². The van der Waals surface area contributed by atoms with Gasteiger partial charge in [-0.3, -0.25) is 14.4 Å². The molecule has 3 rings (SSSR count). The van der Waals surface area contributed by atoms with Crippen LogP contribution in [0.25, 0.3) is 0 Å². The average molecular weight is 468 g/mol. The number of nitrogens with two attached hydrogens (primary N) is 1. The molecule has 0 bridgehead atoms. The summed E-state index contributed by atoms with van der Waals surface area (Å²) >= 11 is 6.22. The molecule has 3 aromatic rings. The van der Waals surface area contributed by atoms with Crippen molar-refractivity contribution >= 4 is 35.0 Å². The molecule has 0 atom stereocenters. The Labute approximate surface area is 195 Å². The molecule has 8 nitrogen and oxygen atoms in total. The molecule has 0 saturated carbocycles. The van der Waals surface area contributed by atoms with Crippen LogP contribution < -0.4 is 25.8 Å². The van der Waals surface area contributed by atoms with Crippen LogP contribution in [0.3, 0.4) is 0 Å². The molecule has 0 aliphatic rings. The van der Waals surface area contributed by atoms with Gasteiger partial charge < -0.3 is 25.8 Å². The van der Waals surface area contributed by atoms with E-state index in [4.69, 9.17) is 26.8 Å². The number of carbonyl (C=O) groups is 3. The highest BCUT2D eigenvalue weighted by atomic mass is 35.5. The third-order valence-corrected chi connectivity index (χ3v) is 4.85. The number of carbonyl (C=O) groups excluding carboxylic acids is 3. The van der Waals surface area contributed by atoms with Gasteiger partial charge in [-0.2, -0.15) is 0 Å². The minimum absolute atomic E-state index is 0.0645. The molecule has 9 heteroatoms. The Morgan fingerprint density at radius 3 is 2.36 bits per heavy atom. The van der Waals surface area contributed by atoms with Gasteiger partial charge in [0.15, 0.2) is 18.1 Å². The standard InChI is InChI=1S/C24H22ClN3O5/c1-32-20-12-16(11-18(25)22(20)33-14-21(26)29)23(30)28-19-10-6-5-9-17(19)24(31)27-13-15-7-3-2-4-8-15/h2-12H,13-14H2,1H3,(H2,26,29)(H,27,31)(H,28,30). The van der Waals surface area contributed by atoms with E-state index in [1.807, 2.05) is 30.3 Å². The van der Waals surface area contributed by atoms with E-state index in [1.165, 1.54) is 19.2 Å². The molecular formula is C24H22ClN3O5. The summed E-state index contributed by atoms with van der Waals surface area (Å²) in [6, 6.07) is 18.9. The van der Waals surface area contributed by atoms with E-state index in [9.17, 15) is 14.4 Å². The molecule has 3 aromatic carbocycles. The normalized spacial score (nSPS) is 10.2. The number of anilines is 1. The Balaban J connectivity index is 1.77. The Morgan fingerprint density at radius 2 is 1.67 bits per heavy atom. The first kappa shape index (κ1) is 23.6. The molecular weight excluding hydrogens is 446 g/mol. The Hall–Kier alpha value is -4.04. The van der Waals surface area contributed by atoms with Crippen molar-refractivity contribution in [3.05, 3.63) is 88.4 Å². The molecule has 33 heavy (non-hydrogen) atoms. The number of methoxy groups -OCH3 is 1. The van der Waals surface area contributed by atoms with Gasteiger partial charge in [-0.1, -0.05) is 54.1 Å². The van der Waals surface area contributed by atoms with Crippen LogP contribution in [0.4, 0.5) is 5.69 Å². The maximum atomic E-state index is 12.9. The Bertz CT molecular complexity index is 1170. The van der Waals surface area contributed by atoms with Gasteiger partial charge in [0, 0.05) is 12.1 Å². The van der Waals surface area contributed by atoms with Crippen molar-refractivity contribution in [2.45, 2.75) is 6.54 Å². The van der Waals surface area contributed by atoms with Crippen molar-refractivity contribution in [1.29, 1.82) is 0 Å². The van der Waals surface area contributed by atoms with E-state index in [2.05, 4.69) is 10.6 Å². The summed E-state index contributed by atoms with van der Waals surface area (Å²) in [5.41, 5.74) is 6.85. The first-order valence-electron chi connectivity index (χ1n) is 9.90. The molecule has 0 aliphatic carbocycles. The number of nitrogens with one attached hydrogen (secondary N) is 2. The number of primary amides is 1. The zero-order chi connectivity index (χ0) is 23.8. The molecule has 0 fully saturated rings. The van der Waals surface area contributed by atoms with Gasteiger partial charge >= 0.3 is 0 Å². The highest BCUT2D eigenvalue weighted by Gasteiger charge is 2.19. The molecule has 0 saturated heterocycles. The second kappa shape index (κ2) is 11.0. The maximum absolute atomic E-state index is 12.9. The molecule has 0 heterocycles. The van der Waals surface area contributed by atoms with Gasteiger partial charge in [0.25, 0.3) is 17.7 Å². The topological polar surface area (TPSA) is 120 Å². The fourth-order valence-electron chi connectivity index (χ4n) is 2.99. The van der Waals surface area contributed by atoms with Gasteiger partial charge in [-0.25, -0.2) is 0 Å². The number of rotatable bonds is 9. The van der Waals surface area contributed by atoms with Gasteiger partial charge in [-0.15, -0.1) is 0 Å². The lowest BCUT2D eigenvalue weighted by atomic mass is 10.1. The van der Waals surface area contributed by atoms with Crippen molar-refractivity contribution in [3.8, 4) is 11.5 Å². The van der Waals surface area contributed by atoms with Crippen LogP contribution in [-0.2, 0) is 11.3 Å². The van der Waals surface area contributed by atoms with E-state index in [0.29, 0.717) is 17.8 Å². The molecule has 3 amide bonds. The van der Waals surface area contributed by atoms with Gasteiger partial charge in [0.05, 0.1) is 23.4 Å². The summed E-state index contributed by atoms with van der Waals surface area (Å²) in [6.07, 6.45) is 0. The Kier molecular flexibility index (Phi) is 7.88. The van der Waals surface area contributed by atoms with Crippen LogP contribution in [0.2, 0.25) is 5.02 Å². The molecule has 0 aromatic heterocycles. The molecule has 4 N–H and O–H groups in total. The molecule has 0 aliphatic heterocycles. The predicted molar refractivity (Wildman–Crippen MR) is 125 cm³/mol. The number of hydrogen-bond donors (Lipinski definition) is 3. The summed E-state index contributed by atoms with van der Waals surface area (Å²) in [5.74, 6) is -1.28. The van der Waals surface area contributed by atoms with Gasteiger partial charge in [0.1, 0.15) is 0 Å². The summed E-state index contributed by atoms with van der Waals surface area (Å²) in [6.45, 7) is -0.0470. The second-order valence-electron chi connectivity index (χ2n) is 6.91. The highest BCUT2D eigenvalue weighted by Crippen LogP contribution is 2.36. The average Bonchev–Trinajstić information content (AvgIpc) is 2.82. The van der Waals surface area contributed by atoms with Crippen LogP contribution in [-0.4, -0.2) is 31.4 Å². The van der Waals surface area contributed by atoms with Gasteiger partial charge in [0.2, 0.25) is 0 Å². The lowest BCUT2D eigenvalue weighted by molar-refractivity contribution is -0.119. The third-order valence-electron chi connectivity index (χ3n) is 4.57. The highest BCUT2D eigenvalue weighted by molar-refractivity contribution is 6.33. The van der Waals surface area contributed by atoms with E-state index in [1.54, 1.807) is 24.3 Å². The zero-order valence-corrected chi connectivity index (χ0v) is 18.5. The van der Waals surface area contributed by atoms with Crippen LogP contribution in [0.1, 0.15) is 26.3 Å². The smallest absolute Gasteiger partial charge is 0.255 e. The van der Waals surface area contributed by atoms with Crippen LogP contribution in [0, 0.1) is 0 Å². The second-order valence-corrected chi connectivity index (χ2v) is 7.32. The summed E-state index contributed by atoms with van der Waals surface area (Å²) in [7, 11) is 1.37. The molecule has 0 radical (unpaired) electrons. The van der Waals surface area contributed by atoms with E-state index < -0.39 is 18.4 Å². The quantitative estimate of drug-likeness (QED) is 0.445. The number of hydrogen-bond acceptors (Lipinski definition) is 5. The fourth-order valence-corrected chi connectivity index (χ4v) is 3.26. The Morgan fingerprint density at radius 1 is 0.970 bits per heavy atom. The minimum Gasteiger partial charge on any atom is -0.493 e. The minimum atomic E-state index is -0.683. The van der Waals surface area contributed by atoms with Gasteiger partial charge in [-0.05, 0) is 29.8 Å². The van der Waals surface area contributed by atoms with Crippen LogP contribution in [0.15, 0.2) is 66.7 Å². The van der Waals surface area contributed by atoms with Crippen molar-refractivity contribution in [2.24, 2.45) is 5.73 Å². The first-order chi connectivity index (χ1) is 15.9. The number of halogens is 1. The SMILES string of the molecule is COc1cc(C(=O)Nc2ccccc2C(=O)NCc2ccccc2)cc(Cl)c1OCC(N)=O. The number of benzene rings is 3. The summed E-state index contributed by atoms with van der Waals surface area (Å²) in [5, 5.41) is 5.63. The largest absolute Gasteiger partial charge is 0.493 e. The van der Waals surface area contributed by atoms with Crippen molar-refractivity contribution in [2.75, 3.05) is 19.0 Å². The van der Waals surface area contributed by atoms with Crippen molar-refractivity contribution in [3.63, 3.8) is 0 Å². The summed E-state index contributed by atoms with van der Waals surface area (Å²) in [4.78, 5) is 36.6. The lowest BCUT2D eigenvalue weighted by Gasteiger charge is -2.14. The summed E-state index contributed by atoms with van der Waals surface area (Å²) < 4.78 is 10.5. The predicted octanol–water partition coefficient (Wildman–Crippen LogP) is 3.40. The van der Waals surface area contributed by atoms with E-state index in [0.717, 1.165) is 5.56 Å². The first-order valence-corrected chi connectivity index (χ1v) is 10.3.